The second-order valence-electron chi connectivity index (χ2n) is 12.3. The van der Waals surface area contributed by atoms with Crippen molar-refractivity contribution in [1.82, 2.24) is 10.2 Å². The number of halogens is 2. The minimum atomic E-state index is -1.22. The van der Waals surface area contributed by atoms with Crippen LogP contribution in [0.3, 0.4) is 0 Å². The Morgan fingerprint density at radius 3 is 2.69 bits per heavy atom. The number of fused-ring (bicyclic) bond motifs is 2. The normalized spacial score (nSPS) is 25.4. The molecular weight excluding hydrogens is 694 g/mol. The number of nitrogens with zero attached hydrogens (tertiary/aromatic N) is 1. The Kier molecular flexibility index (Phi) is 11.1. The zero-order valence-corrected chi connectivity index (χ0v) is 27.5. The second kappa shape index (κ2) is 15.0. The van der Waals surface area contributed by atoms with Crippen LogP contribution in [0.15, 0.2) is 48.0 Å². The van der Waals surface area contributed by atoms with Gasteiger partial charge in [-0.05, 0) is 102 Å². The van der Waals surface area contributed by atoms with Gasteiger partial charge < -0.3 is 29.9 Å². The van der Waals surface area contributed by atoms with Gasteiger partial charge in [0, 0.05) is 37.1 Å². The van der Waals surface area contributed by atoms with Crippen molar-refractivity contribution in [3.05, 3.63) is 68.6 Å². The first-order valence-corrected chi connectivity index (χ1v) is 16.6. The van der Waals surface area contributed by atoms with Gasteiger partial charge in [-0.2, -0.15) is 0 Å². The standard InChI is InChI=1S/C34H40FIN2O7/c1-44-30-15-22(19-40)14-27(36)33(30)45-29-17-25(34(43)37-8-10-39)16-28(32(29)42)38(9-7-20-3-2-4-26(35)13-20)31(41)18-24-12-21-5-6-23(24)11-21/h2-4,13-15,17,19,21,23-24,28-29,32,39,42H,5-12,16,18H2,1H3,(H,37,43)/t21?,23?,24?,28-,29+,32+/m1/s1. The number of hydrogen-bond donors (Lipinski definition) is 3. The molecule has 242 valence electrons. The number of aliphatic hydroxyl groups excluding tert-OH is 2. The number of nitrogens with one attached hydrogen (secondary N) is 1. The molecule has 0 heterocycles. The zero-order valence-electron chi connectivity index (χ0n) is 25.3. The second-order valence-corrected chi connectivity index (χ2v) is 13.4. The Morgan fingerprint density at radius 2 is 2.02 bits per heavy atom. The van der Waals surface area contributed by atoms with Gasteiger partial charge in [0.05, 0.1) is 23.3 Å². The average Bonchev–Trinajstić information content (AvgIpc) is 3.65. The van der Waals surface area contributed by atoms with E-state index < -0.39 is 24.2 Å². The van der Waals surface area contributed by atoms with Gasteiger partial charge in [-0.15, -0.1) is 0 Å². The maximum atomic E-state index is 14.1. The molecule has 2 aromatic carbocycles. The molecule has 3 N–H and O–H groups in total. The molecule has 0 saturated heterocycles. The third-order valence-corrected chi connectivity index (χ3v) is 10.2. The number of benzene rings is 2. The summed E-state index contributed by atoms with van der Waals surface area (Å²) in [4.78, 5) is 40.5. The number of amides is 2. The van der Waals surface area contributed by atoms with Crippen LogP contribution in [0.25, 0.3) is 0 Å². The molecule has 5 rings (SSSR count). The largest absolute Gasteiger partial charge is 0.493 e. The van der Waals surface area contributed by atoms with E-state index >= 15 is 0 Å². The van der Waals surface area contributed by atoms with E-state index in [1.54, 1.807) is 29.2 Å². The van der Waals surface area contributed by atoms with Crippen molar-refractivity contribution in [2.24, 2.45) is 17.8 Å². The Morgan fingerprint density at radius 1 is 1.20 bits per heavy atom. The molecule has 2 bridgehead atoms. The fourth-order valence-electron chi connectivity index (χ4n) is 7.22. The van der Waals surface area contributed by atoms with Crippen LogP contribution in [0.4, 0.5) is 4.39 Å². The van der Waals surface area contributed by atoms with E-state index in [9.17, 15) is 29.0 Å². The first-order valence-electron chi connectivity index (χ1n) is 15.5. The molecule has 3 unspecified atom stereocenters. The summed E-state index contributed by atoms with van der Waals surface area (Å²) in [6, 6.07) is 8.58. The highest BCUT2D eigenvalue weighted by molar-refractivity contribution is 14.1. The number of carbonyl (C=O) groups excluding carboxylic acids is 3. The molecule has 3 aliphatic carbocycles. The molecule has 0 spiro atoms. The van der Waals surface area contributed by atoms with E-state index in [1.807, 2.05) is 22.6 Å². The Hall–Kier alpha value is -3.03. The van der Waals surface area contributed by atoms with Crippen molar-refractivity contribution >= 4 is 40.7 Å². The minimum absolute atomic E-state index is 0.0419. The molecule has 2 fully saturated rings. The van der Waals surface area contributed by atoms with Gasteiger partial charge in [-0.25, -0.2) is 4.39 Å². The number of aldehydes is 1. The van der Waals surface area contributed by atoms with Crippen molar-refractivity contribution in [2.45, 2.75) is 63.2 Å². The summed E-state index contributed by atoms with van der Waals surface area (Å²) in [6.07, 6.45) is 5.30. The number of ether oxygens (including phenoxy) is 2. The molecule has 11 heteroatoms. The average molecular weight is 735 g/mol. The van der Waals surface area contributed by atoms with E-state index in [0.717, 1.165) is 24.8 Å². The van der Waals surface area contributed by atoms with Crippen molar-refractivity contribution < 1.29 is 38.5 Å². The van der Waals surface area contributed by atoms with Gasteiger partial charge in [0.15, 0.2) is 11.5 Å². The minimum Gasteiger partial charge on any atom is -0.493 e. The summed E-state index contributed by atoms with van der Waals surface area (Å²) in [7, 11) is 1.44. The van der Waals surface area contributed by atoms with Crippen LogP contribution in [0.1, 0.15) is 54.4 Å². The first kappa shape index (κ1) is 33.3. The Labute approximate surface area is 276 Å². The molecule has 2 saturated carbocycles. The van der Waals surface area contributed by atoms with E-state index in [0.29, 0.717) is 51.4 Å². The van der Waals surface area contributed by atoms with E-state index in [-0.39, 0.29) is 49.5 Å². The van der Waals surface area contributed by atoms with Crippen molar-refractivity contribution in [3.63, 3.8) is 0 Å². The third-order valence-electron chi connectivity index (χ3n) is 9.43. The van der Waals surface area contributed by atoms with Gasteiger partial charge in [-0.3, -0.25) is 14.4 Å². The summed E-state index contributed by atoms with van der Waals surface area (Å²) in [5.74, 6) is 1.15. The van der Waals surface area contributed by atoms with Gasteiger partial charge >= 0.3 is 0 Å². The lowest BCUT2D eigenvalue weighted by Gasteiger charge is -2.41. The molecule has 0 aromatic heterocycles. The predicted molar refractivity (Wildman–Crippen MR) is 173 cm³/mol. The number of carbonyl (C=O) groups is 3. The summed E-state index contributed by atoms with van der Waals surface area (Å²) >= 11 is 2.02. The lowest BCUT2D eigenvalue weighted by Crippen LogP contribution is -2.55. The van der Waals surface area contributed by atoms with Gasteiger partial charge in [0.25, 0.3) is 0 Å². The molecule has 0 radical (unpaired) electrons. The lowest BCUT2D eigenvalue weighted by molar-refractivity contribution is -0.140. The van der Waals surface area contributed by atoms with Gasteiger partial charge in [0.1, 0.15) is 24.3 Å². The molecule has 2 aromatic rings. The number of methoxy groups -OCH3 is 1. The molecule has 0 aliphatic heterocycles. The van der Waals surface area contributed by atoms with Crippen LogP contribution < -0.4 is 14.8 Å². The van der Waals surface area contributed by atoms with Gasteiger partial charge in [-0.1, -0.05) is 18.6 Å². The van der Waals surface area contributed by atoms with E-state index in [4.69, 9.17) is 9.47 Å². The molecule has 6 atom stereocenters. The summed E-state index contributed by atoms with van der Waals surface area (Å²) in [5, 5.41) is 23.8. The summed E-state index contributed by atoms with van der Waals surface area (Å²) < 4.78 is 26.4. The highest BCUT2D eigenvalue weighted by atomic mass is 127. The van der Waals surface area contributed by atoms with Crippen LogP contribution in [0.5, 0.6) is 11.5 Å². The zero-order chi connectivity index (χ0) is 32.1. The van der Waals surface area contributed by atoms with Crippen LogP contribution in [0, 0.1) is 27.1 Å². The van der Waals surface area contributed by atoms with Crippen LogP contribution in [-0.4, -0.2) is 78.3 Å². The van der Waals surface area contributed by atoms with Crippen LogP contribution in [0.2, 0.25) is 0 Å². The third kappa shape index (κ3) is 7.86. The first-order chi connectivity index (χ1) is 21.7. The van der Waals surface area contributed by atoms with Crippen LogP contribution in [-0.2, 0) is 16.0 Å². The highest BCUT2D eigenvalue weighted by Crippen LogP contribution is 2.50. The number of aliphatic hydroxyl groups is 2. The topological polar surface area (TPSA) is 125 Å². The molecule has 45 heavy (non-hydrogen) atoms. The van der Waals surface area contributed by atoms with E-state index in [2.05, 4.69) is 5.32 Å². The quantitative estimate of drug-likeness (QED) is 0.210. The fourth-order valence-corrected chi connectivity index (χ4v) is 7.98. The van der Waals surface area contributed by atoms with Crippen molar-refractivity contribution in [2.75, 3.05) is 26.8 Å². The molecule has 9 nitrogen and oxygen atoms in total. The maximum absolute atomic E-state index is 14.1. The molecular formula is C34H40FIN2O7. The fraction of sp³-hybridized carbons (Fsp3) is 0.500. The highest BCUT2D eigenvalue weighted by Gasteiger charge is 2.44. The smallest absolute Gasteiger partial charge is 0.247 e. The lowest BCUT2D eigenvalue weighted by atomic mass is 9.84. The predicted octanol–water partition coefficient (Wildman–Crippen LogP) is 4.06. The van der Waals surface area contributed by atoms with Crippen LogP contribution >= 0.6 is 22.6 Å². The monoisotopic (exact) mass is 734 g/mol. The van der Waals surface area contributed by atoms with E-state index in [1.165, 1.54) is 31.7 Å². The molecule has 2 amide bonds. The van der Waals surface area contributed by atoms with Crippen molar-refractivity contribution in [1.29, 1.82) is 0 Å². The van der Waals surface area contributed by atoms with Crippen molar-refractivity contribution in [3.8, 4) is 11.5 Å². The SMILES string of the molecule is COc1cc(C=O)cc(I)c1O[C@H]1C=C(C(=O)NCCO)C[C@@H](N(CCc2cccc(F)c2)C(=O)CC2CC3CCC2C3)[C@@H]1O. The number of rotatable bonds is 13. The van der Waals surface area contributed by atoms with Gasteiger partial charge in [0.2, 0.25) is 11.8 Å². The Bertz CT molecular complexity index is 1440. The Balaban J connectivity index is 1.47. The maximum Gasteiger partial charge on any atom is 0.247 e. The summed E-state index contributed by atoms with van der Waals surface area (Å²) in [5.41, 5.74) is 1.42. The molecule has 3 aliphatic rings. The summed E-state index contributed by atoms with van der Waals surface area (Å²) in [6.45, 7) is 0.0174. The number of hydrogen-bond acceptors (Lipinski definition) is 7.